The Morgan fingerprint density at radius 2 is 1.94 bits per heavy atom. The number of methoxy groups -OCH3 is 2. The molecule has 1 heterocycles. The van der Waals surface area contributed by atoms with Crippen LogP contribution in [0.3, 0.4) is 0 Å². The van der Waals surface area contributed by atoms with Crippen molar-refractivity contribution in [1.29, 1.82) is 0 Å². The Hall–Kier alpha value is -1.22. The van der Waals surface area contributed by atoms with Gasteiger partial charge in [-0.2, -0.15) is 0 Å². The molecule has 3 heteroatoms. The van der Waals surface area contributed by atoms with Crippen LogP contribution in [-0.4, -0.2) is 32.2 Å². The van der Waals surface area contributed by atoms with E-state index in [2.05, 4.69) is 24.0 Å². The second-order valence-electron chi connectivity index (χ2n) is 4.75. The number of ether oxygens (including phenoxy) is 2. The first-order valence-electron chi connectivity index (χ1n) is 6.76. The molecule has 0 aromatic heterocycles. The zero-order valence-corrected chi connectivity index (χ0v) is 11.6. The van der Waals surface area contributed by atoms with E-state index in [4.69, 9.17) is 9.47 Å². The van der Waals surface area contributed by atoms with Gasteiger partial charge in [0.15, 0.2) is 11.5 Å². The fourth-order valence-corrected chi connectivity index (χ4v) is 2.81. The van der Waals surface area contributed by atoms with Gasteiger partial charge in [0.1, 0.15) is 0 Å². The molecule has 1 saturated heterocycles. The van der Waals surface area contributed by atoms with Crippen LogP contribution in [0.1, 0.15) is 37.8 Å². The smallest absolute Gasteiger partial charge is 0.161 e. The van der Waals surface area contributed by atoms with Crippen LogP contribution in [0, 0.1) is 0 Å². The Morgan fingerprint density at radius 1 is 1.17 bits per heavy atom. The summed E-state index contributed by atoms with van der Waals surface area (Å²) >= 11 is 0. The van der Waals surface area contributed by atoms with Crippen molar-refractivity contribution in [2.45, 2.75) is 32.2 Å². The minimum Gasteiger partial charge on any atom is -0.493 e. The van der Waals surface area contributed by atoms with Gasteiger partial charge < -0.3 is 9.47 Å². The van der Waals surface area contributed by atoms with E-state index in [1.54, 1.807) is 14.2 Å². The van der Waals surface area contributed by atoms with E-state index < -0.39 is 0 Å². The highest BCUT2D eigenvalue weighted by Crippen LogP contribution is 2.35. The van der Waals surface area contributed by atoms with Crippen LogP contribution < -0.4 is 9.47 Å². The molecule has 0 spiro atoms. The standard InChI is InChI=1S/C15H23NO2/c1-4-16-10-6-5-7-13(16)12-8-9-14(17-2)15(11-12)18-3/h8-9,11,13H,4-7,10H2,1-3H3. The molecule has 0 amide bonds. The quantitative estimate of drug-likeness (QED) is 0.817. The normalized spacial score (nSPS) is 20.7. The van der Waals surface area contributed by atoms with Crippen molar-refractivity contribution in [3.63, 3.8) is 0 Å². The van der Waals surface area contributed by atoms with E-state index >= 15 is 0 Å². The lowest BCUT2D eigenvalue weighted by atomic mass is 9.95. The molecule has 100 valence electrons. The average Bonchev–Trinajstić information content (AvgIpc) is 2.46. The van der Waals surface area contributed by atoms with Crippen molar-refractivity contribution in [1.82, 2.24) is 4.90 Å². The van der Waals surface area contributed by atoms with Crippen LogP contribution in [0.4, 0.5) is 0 Å². The summed E-state index contributed by atoms with van der Waals surface area (Å²) in [6.07, 6.45) is 3.87. The van der Waals surface area contributed by atoms with E-state index in [9.17, 15) is 0 Å². The van der Waals surface area contributed by atoms with Crippen molar-refractivity contribution in [3.8, 4) is 11.5 Å². The molecule has 1 aliphatic rings. The van der Waals surface area contributed by atoms with Crippen molar-refractivity contribution in [2.75, 3.05) is 27.3 Å². The number of likely N-dealkylation sites (tertiary alicyclic amines) is 1. The molecule has 2 rings (SSSR count). The fraction of sp³-hybridized carbons (Fsp3) is 0.600. The van der Waals surface area contributed by atoms with Gasteiger partial charge in [-0.15, -0.1) is 0 Å². The third-order valence-electron chi connectivity index (χ3n) is 3.81. The van der Waals surface area contributed by atoms with Gasteiger partial charge in [0.05, 0.1) is 14.2 Å². The summed E-state index contributed by atoms with van der Waals surface area (Å²) in [5.41, 5.74) is 1.34. The minimum atomic E-state index is 0.531. The summed E-state index contributed by atoms with van der Waals surface area (Å²) in [5.74, 6) is 1.64. The molecule has 1 fully saturated rings. The fourth-order valence-electron chi connectivity index (χ4n) is 2.81. The first-order valence-corrected chi connectivity index (χ1v) is 6.76. The first-order chi connectivity index (χ1) is 8.80. The third-order valence-corrected chi connectivity index (χ3v) is 3.81. The molecule has 3 nitrogen and oxygen atoms in total. The van der Waals surface area contributed by atoms with Crippen LogP contribution in [0.15, 0.2) is 18.2 Å². The molecule has 0 radical (unpaired) electrons. The van der Waals surface area contributed by atoms with Crippen LogP contribution >= 0.6 is 0 Å². The second kappa shape index (κ2) is 6.10. The lowest BCUT2D eigenvalue weighted by molar-refractivity contribution is 0.157. The minimum absolute atomic E-state index is 0.531. The molecule has 1 aliphatic heterocycles. The SMILES string of the molecule is CCN1CCCCC1c1ccc(OC)c(OC)c1. The highest BCUT2D eigenvalue weighted by molar-refractivity contribution is 5.43. The molecular formula is C15H23NO2. The zero-order valence-electron chi connectivity index (χ0n) is 11.6. The summed E-state index contributed by atoms with van der Waals surface area (Å²) in [7, 11) is 3.37. The van der Waals surface area contributed by atoms with E-state index in [-0.39, 0.29) is 0 Å². The van der Waals surface area contributed by atoms with Crippen LogP contribution in [-0.2, 0) is 0 Å². The van der Waals surface area contributed by atoms with E-state index in [0.717, 1.165) is 18.0 Å². The molecule has 1 aromatic carbocycles. The number of hydrogen-bond donors (Lipinski definition) is 0. The van der Waals surface area contributed by atoms with Crippen molar-refractivity contribution < 1.29 is 9.47 Å². The molecule has 0 saturated carbocycles. The van der Waals surface area contributed by atoms with Gasteiger partial charge in [-0.1, -0.05) is 19.4 Å². The zero-order chi connectivity index (χ0) is 13.0. The lowest BCUT2D eigenvalue weighted by Gasteiger charge is -2.35. The number of rotatable bonds is 4. The van der Waals surface area contributed by atoms with Gasteiger partial charge in [-0.05, 0) is 43.6 Å². The molecule has 1 unspecified atom stereocenters. The number of piperidine rings is 1. The van der Waals surface area contributed by atoms with Gasteiger partial charge in [0.2, 0.25) is 0 Å². The topological polar surface area (TPSA) is 21.7 Å². The predicted molar refractivity (Wildman–Crippen MR) is 73.4 cm³/mol. The average molecular weight is 249 g/mol. The Balaban J connectivity index is 2.26. The maximum absolute atomic E-state index is 5.39. The number of hydrogen-bond acceptors (Lipinski definition) is 3. The van der Waals surface area contributed by atoms with Crippen LogP contribution in [0.2, 0.25) is 0 Å². The molecular weight excluding hydrogens is 226 g/mol. The molecule has 0 N–H and O–H groups in total. The number of nitrogens with zero attached hydrogens (tertiary/aromatic N) is 1. The lowest BCUT2D eigenvalue weighted by Crippen LogP contribution is -2.33. The van der Waals surface area contributed by atoms with Gasteiger partial charge in [-0.3, -0.25) is 4.90 Å². The summed E-state index contributed by atoms with van der Waals surface area (Å²) in [4.78, 5) is 2.55. The summed E-state index contributed by atoms with van der Waals surface area (Å²) in [6, 6.07) is 6.83. The highest BCUT2D eigenvalue weighted by Gasteiger charge is 2.23. The highest BCUT2D eigenvalue weighted by atomic mass is 16.5. The van der Waals surface area contributed by atoms with Crippen LogP contribution in [0.5, 0.6) is 11.5 Å². The van der Waals surface area contributed by atoms with Gasteiger partial charge in [-0.25, -0.2) is 0 Å². The summed E-state index contributed by atoms with van der Waals surface area (Å²) < 4.78 is 10.7. The van der Waals surface area contributed by atoms with Crippen molar-refractivity contribution in [2.24, 2.45) is 0 Å². The molecule has 0 bridgehead atoms. The van der Waals surface area contributed by atoms with Gasteiger partial charge in [0, 0.05) is 6.04 Å². The number of benzene rings is 1. The molecule has 18 heavy (non-hydrogen) atoms. The Bertz CT molecular complexity index is 392. The largest absolute Gasteiger partial charge is 0.493 e. The second-order valence-corrected chi connectivity index (χ2v) is 4.75. The van der Waals surface area contributed by atoms with E-state index in [1.807, 2.05) is 6.07 Å². The van der Waals surface area contributed by atoms with Crippen molar-refractivity contribution >= 4 is 0 Å². The third kappa shape index (κ3) is 2.61. The molecule has 1 atom stereocenters. The Morgan fingerprint density at radius 3 is 2.61 bits per heavy atom. The van der Waals surface area contributed by atoms with E-state index in [1.165, 1.54) is 31.4 Å². The summed E-state index contributed by atoms with van der Waals surface area (Å²) in [6.45, 7) is 4.55. The predicted octanol–water partition coefficient (Wildman–Crippen LogP) is 3.25. The maximum atomic E-state index is 5.39. The van der Waals surface area contributed by atoms with E-state index in [0.29, 0.717) is 6.04 Å². The monoisotopic (exact) mass is 249 g/mol. The Labute approximate surface area is 110 Å². The maximum Gasteiger partial charge on any atom is 0.161 e. The first kappa shape index (κ1) is 13.2. The molecule has 0 aliphatic carbocycles. The Kier molecular flexibility index (Phi) is 4.48. The molecule has 1 aromatic rings. The summed E-state index contributed by atoms with van der Waals surface area (Å²) in [5, 5.41) is 0. The van der Waals surface area contributed by atoms with Gasteiger partial charge in [0.25, 0.3) is 0 Å². The van der Waals surface area contributed by atoms with Gasteiger partial charge >= 0.3 is 0 Å². The van der Waals surface area contributed by atoms with Crippen LogP contribution in [0.25, 0.3) is 0 Å². The van der Waals surface area contributed by atoms with Crippen molar-refractivity contribution in [3.05, 3.63) is 23.8 Å².